The maximum atomic E-state index is 6.37. The second-order valence-electron chi connectivity index (χ2n) is 12.0. The molecule has 4 heteroatoms. The first-order chi connectivity index (χ1) is 12.8. The van der Waals surface area contributed by atoms with Gasteiger partial charge in [-0.15, -0.1) is 0 Å². The highest BCUT2D eigenvalue weighted by molar-refractivity contribution is 5.13. The molecule has 0 aromatic carbocycles. The van der Waals surface area contributed by atoms with Gasteiger partial charge in [0, 0.05) is 22.2 Å². The Morgan fingerprint density at radius 2 is 0.964 bits per heavy atom. The quantitative estimate of drug-likeness (QED) is 0.647. The third kappa shape index (κ3) is 4.31. The molecule has 0 unspecified atom stereocenters. The first-order valence-electron chi connectivity index (χ1n) is 11.8. The van der Waals surface area contributed by atoms with Gasteiger partial charge in [0.15, 0.2) is 0 Å². The van der Waals surface area contributed by atoms with Gasteiger partial charge in [0.2, 0.25) is 0 Å². The standard InChI is InChI=1S/C24H50N4/c1-20(2)12-9-13-21(3,4)27(20)24(17-19-26,16-11-18-25)28-22(5,6)14-10-15-23(28,7)8/h9-19,25-26H2,1-8H3. The summed E-state index contributed by atoms with van der Waals surface area (Å²) in [5.74, 6) is 0. The molecule has 166 valence electrons. The van der Waals surface area contributed by atoms with Crippen LogP contribution in [0.5, 0.6) is 0 Å². The number of hydrogen-bond acceptors (Lipinski definition) is 4. The first kappa shape index (κ1) is 24.1. The third-order valence-corrected chi connectivity index (χ3v) is 7.73. The normalized spacial score (nSPS) is 27.6. The van der Waals surface area contributed by atoms with E-state index in [4.69, 9.17) is 11.5 Å². The lowest BCUT2D eigenvalue weighted by Crippen LogP contribution is -2.80. The summed E-state index contributed by atoms with van der Waals surface area (Å²) in [6.45, 7) is 21.2. The van der Waals surface area contributed by atoms with Crippen LogP contribution in [0.4, 0.5) is 0 Å². The number of nitrogens with zero attached hydrogens (tertiary/aromatic N) is 2. The molecule has 2 aliphatic heterocycles. The van der Waals surface area contributed by atoms with E-state index in [-0.39, 0.29) is 27.8 Å². The Morgan fingerprint density at radius 3 is 1.25 bits per heavy atom. The molecule has 2 rings (SSSR count). The van der Waals surface area contributed by atoms with E-state index in [9.17, 15) is 0 Å². The van der Waals surface area contributed by atoms with Gasteiger partial charge in [-0.25, -0.2) is 0 Å². The molecule has 2 fully saturated rings. The minimum absolute atomic E-state index is 0.0606. The van der Waals surface area contributed by atoms with Crippen molar-refractivity contribution in [2.45, 2.75) is 141 Å². The molecular weight excluding hydrogens is 344 g/mol. The maximum Gasteiger partial charge on any atom is 0.0767 e. The van der Waals surface area contributed by atoms with E-state index >= 15 is 0 Å². The highest BCUT2D eigenvalue weighted by Gasteiger charge is 2.60. The Hall–Kier alpha value is -0.160. The van der Waals surface area contributed by atoms with Crippen LogP contribution in [0, 0.1) is 0 Å². The molecule has 0 atom stereocenters. The number of likely N-dealkylation sites (tertiary alicyclic amines) is 2. The second kappa shape index (κ2) is 8.17. The van der Waals surface area contributed by atoms with Crippen LogP contribution in [0.15, 0.2) is 0 Å². The Morgan fingerprint density at radius 1 is 0.607 bits per heavy atom. The van der Waals surface area contributed by atoms with Crippen molar-refractivity contribution in [3.05, 3.63) is 0 Å². The van der Waals surface area contributed by atoms with Crippen LogP contribution in [-0.4, -0.2) is 50.7 Å². The first-order valence-corrected chi connectivity index (χ1v) is 11.8. The SMILES string of the molecule is CC1(C)CCCC(C)(C)N1C(CCN)(CCCN)N1C(C)(C)CCCC1(C)C. The third-order valence-electron chi connectivity index (χ3n) is 7.73. The minimum atomic E-state index is -0.0606. The van der Waals surface area contributed by atoms with Crippen molar-refractivity contribution in [1.82, 2.24) is 9.80 Å². The average Bonchev–Trinajstić information content (AvgIpc) is 2.49. The van der Waals surface area contributed by atoms with E-state index in [2.05, 4.69) is 65.2 Å². The summed E-state index contributed by atoms with van der Waals surface area (Å²) >= 11 is 0. The summed E-state index contributed by atoms with van der Waals surface area (Å²) in [4.78, 5) is 5.82. The van der Waals surface area contributed by atoms with E-state index in [1.54, 1.807) is 0 Å². The summed E-state index contributed by atoms with van der Waals surface area (Å²) in [6, 6.07) is 0. The molecule has 0 aliphatic carbocycles. The average molecular weight is 395 g/mol. The smallest absolute Gasteiger partial charge is 0.0767 e. The van der Waals surface area contributed by atoms with Crippen LogP contribution in [0.1, 0.15) is 113 Å². The summed E-state index contributed by atoms with van der Waals surface area (Å²) < 4.78 is 0. The number of nitrogens with two attached hydrogens (primary N) is 2. The van der Waals surface area contributed by atoms with E-state index in [0.29, 0.717) is 0 Å². The highest BCUT2D eigenvalue weighted by atomic mass is 15.5. The maximum absolute atomic E-state index is 6.37. The minimum Gasteiger partial charge on any atom is -0.330 e. The zero-order valence-corrected chi connectivity index (χ0v) is 20.3. The molecule has 0 radical (unpaired) electrons. The number of piperidine rings is 2. The van der Waals surface area contributed by atoms with Crippen molar-refractivity contribution >= 4 is 0 Å². The molecule has 4 nitrogen and oxygen atoms in total. The van der Waals surface area contributed by atoms with Crippen molar-refractivity contribution in [1.29, 1.82) is 0 Å². The van der Waals surface area contributed by atoms with Gasteiger partial charge in [-0.3, -0.25) is 9.80 Å². The topological polar surface area (TPSA) is 58.5 Å². The molecule has 2 heterocycles. The van der Waals surface area contributed by atoms with Gasteiger partial charge in [0.05, 0.1) is 5.66 Å². The van der Waals surface area contributed by atoms with Crippen LogP contribution in [-0.2, 0) is 0 Å². The largest absolute Gasteiger partial charge is 0.330 e. The zero-order chi connectivity index (χ0) is 21.4. The highest BCUT2D eigenvalue weighted by Crippen LogP contribution is 2.53. The van der Waals surface area contributed by atoms with Gasteiger partial charge in [-0.1, -0.05) is 0 Å². The molecule has 0 amide bonds. The molecule has 28 heavy (non-hydrogen) atoms. The second-order valence-corrected chi connectivity index (χ2v) is 12.0. The fraction of sp³-hybridized carbons (Fsp3) is 1.00. The van der Waals surface area contributed by atoms with Gasteiger partial charge in [-0.05, 0) is 126 Å². The lowest BCUT2D eigenvalue weighted by molar-refractivity contribution is -0.242. The predicted octanol–water partition coefficient (Wildman–Crippen LogP) is 4.86. The van der Waals surface area contributed by atoms with E-state index < -0.39 is 0 Å². The fourth-order valence-corrected chi connectivity index (χ4v) is 7.54. The molecule has 0 aromatic rings. The van der Waals surface area contributed by atoms with Crippen LogP contribution in [0.25, 0.3) is 0 Å². The van der Waals surface area contributed by atoms with E-state index in [1.165, 1.54) is 38.5 Å². The van der Waals surface area contributed by atoms with Crippen molar-refractivity contribution in [3.8, 4) is 0 Å². The molecule has 0 aromatic heterocycles. The van der Waals surface area contributed by atoms with Crippen molar-refractivity contribution in [3.63, 3.8) is 0 Å². The molecule has 0 bridgehead atoms. The molecule has 2 saturated heterocycles. The van der Waals surface area contributed by atoms with E-state index in [0.717, 1.165) is 32.4 Å². The Balaban J connectivity index is 2.74. The molecule has 0 spiro atoms. The van der Waals surface area contributed by atoms with Crippen LogP contribution in [0.2, 0.25) is 0 Å². The summed E-state index contributed by atoms with van der Waals surface area (Å²) in [6.07, 6.45) is 10.8. The zero-order valence-electron chi connectivity index (χ0n) is 20.3. The van der Waals surface area contributed by atoms with Gasteiger partial charge >= 0.3 is 0 Å². The van der Waals surface area contributed by atoms with Crippen molar-refractivity contribution in [2.24, 2.45) is 11.5 Å². The lowest BCUT2D eigenvalue weighted by Gasteiger charge is -2.71. The lowest BCUT2D eigenvalue weighted by atomic mass is 9.70. The van der Waals surface area contributed by atoms with E-state index in [1.807, 2.05) is 0 Å². The number of hydrogen-bond donors (Lipinski definition) is 2. The predicted molar refractivity (Wildman–Crippen MR) is 122 cm³/mol. The van der Waals surface area contributed by atoms with Gasteiger partial charge < -0.3 is 11.5 Å². The Kier molecular flexibility index (Phi) is 7.03. The van der Waals surface area contributed by atoms with Crippen LogP contribution >= 0.6 is 0 Å². The number of rotatable bonds is 7. The summed E-state index contributed by atoms with van der Waals surface area (Å²) in [5, 5.41) is 0. The monoisotopic (exact) mass is 394 g/mol. The van der Waals surface area contributed by atoms with Crippen LogP contribution < -0.4 is 11.5 Å². The Labute approximate surface area is 175 Å². The van der Waals surface area contributed by atoms with Crippen LogP contribution in [0.3, 0.4) is 0 Å². The van der Waals surface area contributed by atoms with Gasteiger partial charge in [0.25, 0.3) is 0 Å². The Bertz CT molecular complexity index is 451. The van der Waals surface area contributed by atoms with Crippen molar-refractivity contribution in [2.75, 3.05) is 13.1 Å². The fourth-order valence-electron chi connectivity index (χ4n) is 7.54. The summed E-state index contributed by atoms with van der Waals surface area (Å²) in [5.41, 5.74) is 13.0. The molecule has 2 aliphatic rings. The van der Waals surface area contributed by atoms with Crippen molar-refractivity contribution < 1.29 is 0 Å². The molecule has 4 N–H and O–H groups in total. The van der Waals surface area contributed by atoms with Gasteiger partial charge in [0.1, 0.15) is 0 Å². The molecular formula is C24H50N4. The summed E-state index contributed by atoms with van der Waals surface area (Å²) in [7, 11) is 0. The molecule has 0 saturated carbocycles. The van der Waals surface area contributed by atoms with Gasteiger partial charge in [-0.2, -0.15) is 0 Å².